The topological polar surface area (TPSA) is 55.4 Å². The normalized spacial score (nSPS) is 12.6. The van der Waals surface area contributed by atoms with Crippen LogP contribution in [-0.4, -0.2) is 27.6 Å². The van der Waals surface area contributed by atoms with E-state index in [-0.39, 0.29) is 16.7 Å². The maximum atomic E-state index is 12.1. The summed E-state index contributed by atoms with van der Waals surface area (Å²) in [6, 6.07) is 5.15. The number of nitrogens with one attached hydrogen (secondary N) is 1. The van der Waals surface area contributed by atoms with Crippen LogP contribution in [0.3, 0.4) is 0 Å². The average molecular weight is 435 g/mol. The molecule has 1 atom stereocenters. The molecule has 0 radical (unpaired) electrons. The molecular formula is C16H21Br2NO3. The number of hydrogen-bond donors (Lipinski definition) is 1. The van der Waals surface area contributed by atoms with E-state index in [9.17, 15) is 9.59 Å². The molecule has 122 valence electrons. The Bertz CT molecular complexity index is 553. The van der Waals surface area contributed by atoms with E-state index in [0.717, 1.165) is 10.9 Å². The van der Waals surface area contributed by atoms with Crippen LogP contribution >= 0.6 is 31.9 Å². The van der Waals surface area contributed by atoms with E-state index in [0.29, 0.717) is 17.7 Å². The number of amides is 1. The first kappa shape index (κ1) is 19.2. The Kier molecular flexibility index (Phi) is 7.06. The van der Waals surface area contributed by atoms with Crippen LogP contribution in [0.15, 0.2) is 18.2 Å². The van der Waals surface area contributed by atoms with Crippen LogP contribution in [0.25, 0.3) is 0 Å². The molecule has 1 aromatic rings. The van der Waals surface area contributed by atoms with Gasteiger partial charge in [-0.1, -0.05) is 31.9 Å². The van der Waals surface area contributed by atoms with Gasteiger partial charge in [-0.25, -0.2) is 4.79 Å². The van der Waals surface area contributed by atoms with Crippen LogP contribution in [0.4, 0.5) is 5.69 Å². The third-order valence-electron chi connectivity index (χ3n) is 2.76. The lowest BCUT2D eigenvalue weighted by Crippen LogP contribution is -2.25. The smallest absolute Gasteiger partial charge is 0.338 e. The van der Waals surface area contributed by atoms with Crippen molar-refractivity contribution in [1.82, 2.24) is 0 Å². The Balaban J connectivity index is 2.82. The predicted molar refractivity (Wildman–Crippen MR) is 96.1 cm³/mol. The van der Waals surface area contributed by atoms with Gasteiger partial charge in [0.2, 0.25) is 5.91 Å². The van der Waals surface area contributed by atoms with Gasteiger partial charge in [0.15, 0.2) is 0 Å². The van der Waals surface area contributed by atoms with Crippen LogP contribution in [-0.2, 0) is 9.53 Å². The second kappa shape index (κ2) is 8.11. The minimum Gasteiger partial charge on any atom is -0.456 e. The van der Waals surface area contributed by atoms with Gasteiger partial charge in [-0.15, -0.1) is 0 Å². The van der Waals surface area contributed by atoms with Gasteiger partial charge in [0.1, 0.15) is 5.60 Å². The van der Waals surface area contributed by atoms with E-state index in [4.69, 9.17) is 4.74 Å². The Morgan fingerprint density at radius 2 is 1.95 bits per heavy atom. The van der Waals surface area contributed by atoms with Gasteiger partial charge < -0.3 is 10.1 Å². The number of rotatable bonds is 5. The summed E-state index contributed by atoms with van der Waals surface area (Å²) in [5, 5.41) is 3.57. The fourth-order valence-electron chi connectivity index (χ4n) is 1.75. The zero-order valence-electron chi connectivity index (χ0n) is 13.2. The number of hydrogen-bond acceptors (Lipinski definition) is 3. The molecule has 0 saturated heterocycles. The molecule has 1 N–H and O–H groups in total. The van der Waals surface area contributed by atoms with Gasteiger partial charge in [0, 0.05) is 11.0 Å². The molecule has 4 nitrogen and oxygen atoms in total. The summed E-state index contributed by atoms with van der Waals surface area (Å²) in [7, 11) is 0. The van der Waals surface area contributed by atoms with Crippen molar-refractivity contribution in [2.24, 2.45) is 0 Å². The first-order valence-corrected chi connectivity index (χ1v) is 9.02. The van der Waals surface area contributed by atoms with E-state index >= 15 is 0 Å². The third kappa shape index (κ3) is 6.08. The maximum absolute atomic E-state index is 12.1. The minimum atomic E-state index is -0.532. The highest BCUT2D eigenvalue weighted by Crippen LogP contribution is 2.20. The summed E-state index contributed by atoms with van der Waals surface area (Å²) in [6.45, 7) is 7.30. The number of halogens is 2. The number of benzene rings is 1. The van der Waals surface area contributed by atoms with Gasteiger partial charge >= 0.3 is 5.97 Å². The lowest BCUT2D eigenvalue weighted by atomic mass is 10.1. The van der Waals surface area contributed by atoms with Gasteiger partial charge in [0.25, 0.3) is 0 Å². The summed E-state index contributed by atoms with van der Waals surface area (Å²) >= 11 is 6.64. The quantitative estimate of drug-likeness (QED) is 0.550. The SMILES string of the molecule is Cc1cc(NC(=O)C(Br)CCBr)ccc1C(=O)OC(C)(C)C. The first-order valence-electron chi connectivity index (χ1n) is 6.99. The van der Waals surface area contributed by atoms with Crippen molar-refractivity contribution in [3.8, 4) is 0 Å². The monoisotopic (exact) mass is 433 g/mol. The molecule has 1 rings (SSSR count). The Morgan fingerprint density at radius 3 is 2.45 bits per heavy atom. The van der Waals surface area contributed by atoms with Crippen molar-refractivity contribution in [3.63, 3.8) is 0 Å². The molecule has 0 aliphatic heterocycles. The number of carbonyl (C=O) groups is 2. The van der Waals surface area contributed by atoms with E-state index in [2.05, 4.69) is 37.2 Å². The molecule has 0 spiro atoms. The van der Waals surface area contributed by atoms with E-state index in [1.165, 1.54) is 0 Å². The van der Waals surface area contributed by atoms with Crippen LogP contribution in [0.5, 0.6) is 0 Å². The molecule has 0 saturated carbocycles. The summed E-state index contributed by atoms with van der Waals surface area (Å²) < 4.78 is 5.36. The van der Waals surface area contributed by atoms with E-state index in [1.807, 2.05) is 27.7 Å². The fourth-order valence-corrected chi connectivity index (χ4v) is 3.17. The standard InChI is InChI=1S/C16H21Br2NO3/c1-10-9-11(19-14(20)13(18)7-8-17)5-6-12(10)15(21)22-16(2,3)4/h5-6,9,13H,7-8H2,1-4H3,(H,19,20). The van der Waals surface area contributed by atoms with Crippen molar-refractivity contribution >= 4 is 49.4 Å². The molecule has 0 heterocycles. The number of anilines is 1. The summed E-state index contributed by atoms with van der Waals surface area (Å²) in [5.74, 6) is -0.468. The third-order valence-corrected chi connectivity index (χ3v) is 4.09. The number of esters is 1. The van der Waals surface area contributed by atoms with Gasteiger partial charge in [-0.2, -0.15) is 0 Å². The zero-order valence-corrected chi connectivity index (χ0v) is 16.4. The van der Waals surface area contributed by atoms with Crippen molar-refractivity contribution in [3.05, 3.63) is 29.3 Å². The molecule has 1 unspecified atom stereocenters. The number of ether oxygens (including phenoxy) is 1. The van der Waals surface area contributed by atoms with E-state index in [1.54, 1.807) is 18.2 Å². The van der Waals surface area contributed by atoms with Crippen LogP contribution < -0.4 is 5.32 Å². The molecular weight excluding hydrogens is 414 g/mol. The molecule has 1 amide bonds. The number of alkyl halides is 2. The van der Waals surface area contributed by atoms with Crippen molar-refractivity contribution < 1.29 is 14.3 Å². The van der Waals surface area contributed by atoms with Crippen molar-refractivity contribution in [2.45, 2.75) is 44.5 Å². The largest absolute Gasteiger partial charge is 0.456 e. The van der Waals surface area contributed by atoms with Crippen LogP contribution in [0, 0.1) is 6.92 Å². The Morgan fingerprint density at radius 1 is 1.32 bits per heavy atom. The minimum absolute atomic E-state index is 0.108. The van der Waals surface area contributed by atoms with Crippen molar-refractivity contribution in [1.29, 1.82) is 0 Å². The molecule has 6 heteroatoms. The zero-order chi connectivity index (χ0) is 16.9. The maximum Gasteiger partial charge on any atom is 0.338 e. The second-order valence-electron chi connectivity index (χ2n) is 5.97. The van der Waals surface area contributed by atoms with Gasteiger partial charge in [-0.05, 0) is 57.9 Å². The lowest BCUT2D eigenvalue weighted by molar-refractivity contribution is -0.115. The summed E-state index contributed by atoms with van der Waals surface area (Å²) in [5.41, 5.74) is 1.39. The molecule has 0 aromatic heterocycles. The number of carbonyl (C=O) groups excluding carboxylic acids is 2. The lowest BCUT2D eigenvalue weighted by Gasteiger charge is -2.20. The first-order chi connectivity index (χ1) is 10.1. The highest BCUT2D eigenvalue weighted by molar-refractivity contribution is 9.10. The molecule has 0 fully saturated rings. The molecule has 0 aliphatic carbocycles. The Labute approximate surface area is 148 Å². The highest BCUT2D eigenvalue weighted by Gasteiger charge is 2.20. The number of aryl methyl sites for hydroxylation is 1. The molecule has 0 aliphatic rings. The Hall–Kier alpha value is -0.880. The second-order valence-corrected chi connectivity index (χ2v) is 7.86. The summed E-state index contributed by atoms with van der Waals surface area (Å²) in [4.78, 5) is 23.8. The van der Waals surface area contributed by atoms with Gasteiger partial charge in [0.05, 0.1) is 10.4 Å². The fraction of sp³-hybridized carbons (Fsp3) is 0.500. The predicted octanol–water partition coefficient (Wildman–Crippen LogP) is 4.44. The average Bonchev–Trinajstić information content (AvgIpc) is 2.36. The van der Waals surface area contributed by atoms with Crippen molar-refractivity contribution in [2.75, 3.05) is 10.6 Å². The van der Waals surface area contributed by atoms with Gasteiger partial charge in [-0.3, -0.25) is 4.79 Å². The molecule has 0 bridgehead atoms. The van der Waals surface area contributed by atoms with E-state index < -0.39 is 5.60 Å². The molecule has 1 aromatic carbocycles. The summed E-state index contributed by atoms with van der Waals surface area (Å²) in [6.07, 6.45) is 0.695. The highest BCUT2D eigenvalue weighted by atomic mass is 79.9. The van der Waals surface area contributed by atoms with Crippen LogP contribution in [0.1, 0.15) is 43.1 Å². The molecule has 22 heavy (non-hydrogen) atoms. The van der Waals surface area contributed by atoms with Crippen LogP contribution in [0.2, 0.25) is 0 Å².